The molecule has 2 rings (SSSR count). The summed E-state index contributed by atoms with van der Waals surface area (Å²) >= 11 is 1.71. The number of carbonyl (C=O) groups is 1. The third-order valence-corrected chi connectivity index (χ3v) is 3.92. The first-order valence-corrected chi connectivity index (χ1v) is 7.87. The maximum absolute atomic E-state index is 11.9. The summed E-state index contributed by atoms with van der Waals surface area (Å²) in [5.74, 6) is 0.889. The zero-order chi connectivity index (χ0) is 14.4. The molecule has 0 fully saturated rings. The Morgan fingerprint density at radius 2 is 2.05 bits per heavy atom. The maximum atomic E-state index is 11.9. The van der Waals surface area contributed by atoms with Gasteiger partial charge in [0.15, 0.2) is 0 Å². The summed E-state index contributed by atoms with van der Waals surface area (Å²) in [6.07, 6.45) is 4.76. The van der Waals surface area contributed by atoms with Gasteiger partial charge in [-0.3, -0.25) is 4.79 Å². The largest absolute Gasteiger partial charge is 0.469 e. The van der Waals surface area contributed by atoms with Crippen molar-refractivity contribution in [3.05, 3.63) is 54.0 Å². The summed E-state index contributed by atoms with van der Waals surface area (Å²) in [7, 11) is 0. The van der Waals surface area contributed by atoms with Crippen LogP contribution in [-0.2, 0) is 11.2 Å². The monoisotopic (exact) mass is 289 g/mol. The number of amides is 1. The summed E-state index contributed by atoms with van der Waals surface area (Å²) in [6.45, 7) is 2.00. The molecule has 4 heteroatoms. The number of rotatable bonds is 6. The number of hydrogen-bond donors (Lipinski definition) is 1. The van der Waals surface area contributed by atoms with Crippen LogP contribution in [0.2, 0.25) is 0 Å². The fourth-order valence-corrected chi connectivity index (χ4v) is 2.39. The molecule has 0 saturated heterocycles. The third-order valence-electron chi connectivity index (χ3n) is 3.17. The number of benzene rings is 1. The lowest BCUT2D eigenvalue weighted by Crippen LogP contribution is -2.26. The lowest BCUT2D eigenvalue weighted by Gasteiger charge is -2.14. The Morgan fingerprint density at radius 1 is 1.30 bits per heavy atom. The number of hydrogen-bond acceptors (Lipinski definition) is 3. The van der Waals surface area contributed by atoms with E-state index in [2.05, 4.69) is 35.8 Å². The molecule has 1 N–H and O–H groups in total. The minimum atomic E-state index is 0.0232. The molecule has 0 radical (unpaired) electrons. The second-order valence-corrected chi connectivity index (χ2v) is 5.52. The normalized spacial score (nSPS) is 12.1. The average molecular weight is 289 g/mol. The highest BCUT2D eigenvalue weighted by Gasteiger charge is 2.10. The highest BCUT2D eigenvalue weighted by atomic mass is 32.2. The minimum Gasteiger partial charge on any atom is -0.469 e. The number of thioether (sulfide) groups is 1. The van der Waals surface area contributed by atoms with Gasteiger partial charge in [0, 0.05) is 17.7 Å². The van der Waals surface area contributed by atoms with E-state index in [1.807, 2.05) is 19.1 Å². The molecule has 1 heterocycles. The number of carbonyl (C=O) groups excluding carboxylic acids is 1. The van der Waals surface area contributed by atoms with Gasteiger partial charge in [-0.1, -0.05) is 12.1 Å². The molecule has 1 unspecified atom stereocenters. The summed E-state index contributed by atoms with van der Waals surface area (Å²) in [5, 5.41) is 3.01. The van der Waals surface area contributed by atoms with Crippen molar-refractivity contribution in [2.24, 2.45) is 0 Å². The number of furan rings is 1. The number of aryl methyl sites for hydroxylation is 1. The molecule has 1 aromatic carbocycles. The van der Waals surface area contributed by atoms with Gasteiger partial charge in [-0.2, -0.15) is 0 Å². The lowest BCUT2D eigenvalue weighted by atomic mass is 10.1. The van der Waals surface area contributed by atoms with Gasteiger partial charge in [0.05, 0.1) is 12.3 Å². The zero-order valence-electron chi connectivity index (χ0n) is 11.8. The summed E-state index contributed by atoms with van der Waals surface area (Å²) < 4.78 is 5.22. The van der Waals surface area contributed by atoms with Crippen molar-refractivity contribution in [3.8, 4) is 0 Å². The minimum absolute atomic E-state index is 0.0232. The Kier molecular flexibility index (Phi) is 5.30. The predicted octanol–water partition coefficient (Wildman–Crippen LogP) is 3.81. The molecule has 1 amide bonds. The van der Waals surface area contributed by atoms with Crippen LogP contribution < -0.4 is 5.32 Å². The van der Waals surface area contributed by atoms with E-state index in [0.29, 0.717) is 12.8 Å². The van der Waals surface area contributed by atoms with Crippen molar-refractivity contribution in [2.75, 3.05) is 6.26 Å². The van der Waals surface area contributed by atoms with Gasteiger partial charge in [-0.25, -0.2) is 0 Å². The molecule has 1 atom stereocenters. The van der Waals surface area contributed by atoms with Gasteiger partial charge in [-0.15, -0.1) is 11.8 Å². The molecule has 0 saturated carbocycles. The first-order valence-electron chi connectivity index (χ1n) is 6.64. The molecule has 106 valence electrons. The Balaban J connectivity index is 1.83. The van der Waals surface area contributed by atoms with Crippen LogP contribution in [0, 0.1) is 0 Å². The van der Waals surface area contributed by atoms with Crippen LogP contribution in [0.1, 0.15) is 30.7 Å². The molecule has 0 bridgehead atoms. The lowest BCUT2D eigenvalue weighted by molar-refractivity contribution is -0.121. The van der Waals surface area contributed by atoms with Crippen molar-refractivity contribution in [3.63, 3.8) is 0 Å². The second kappa shape index (κ2) is 7.20. The summed E-state index contributed by atoms with van der Waals surface area (Å²) in [4.78, 5) is 13.1. The molecule has 20 heavy (non-hydrogen) atoms. The number of nitrogens with one attached hydrogen (secondary N) is 1. The van der Waals surface area contributed by atoms with Crippen LogP contribution in [0.5, 0.6) is 0 Å². The Bertz CT molecular complexity index is 534. The smallest absolute Gasteiger partial charge is 0.220 e. The van der Waals surface area contributed by atoms with Crippen LogP contribution in [0.25, 0.3) is 0 Å². The van der Waals surface area contributed by atoms with Gasteiger partial charge in [0.25, 0.3) is 0 Å². The van der Waals surface area contributed by atoms with E-state index in [0.717, 1.165) is 11.3 Å². The van der Waals surface area contributed by atoms with Crippen molar-refractivity contribution >= 4 is 17.7 Å². The van der Waals surface area contributed by atoms with E-state index < -0.39 is 0 Å². The maximum Gasteiger partial charge on any atom is 0.220 e. The van der Waals surface area contributed by atoms with E-state index in [1.165, 1.54) is 4.90 Å². The standard InChI is InChI=1S/C16H19NO2S/c1-12(13-5-8-15(20-2)9-6-13)17-16(18)10-7-14-4-3-11-19-14/h3-6,8-9,11-12H,7,10H2,1-2H3,(H,17,18). The summed E-state index contributed by atoms with van der Waals surface area (Å²) in [6, 6.07) is 12.0. The summed E-state index contributed by atoms with van der Waals surface area (Å²) in [5.41, 5.74) is 1.12. The first-order chi connectivity index (χ1) is 9.69. The highest BCUT2D eigenvalue weighted by Crippen LogP contribution is 2.19. The third kappa shape index (κ3) is 4.17. The Hall–Kier alpha value is -1.68. The molecule has 0 aliphatic rings. The van der Waals surface area contributed by atoms with Gasteiger partial charge in [-0.05, 0) is 43.0 Å². The van der Waals surface area contributed by atoms with E-state index in [4.69, 9.17) is 4.42 Å². The van der Waals surface area contributed by atoms with Crippen LogP contribution in [-0.4, -0.2) is 12.2 Å². The van der Waals surface area contributed by atoms with Crippen molar-refractivity contribution in [1.82, 2.24) is 5.32 Å². The first kappa shape index (κ1) is 14.7. The fraction of sp³-hybridized carbons (Fsp3) is 0.312. The quantitative estimate of drug-likeness (QED) is 0.822. The molecule has 3 nitrogen and oxygen atoms in total. The molecular formula is C16H19NO2S. The molecule has 0 spiro atoms. The van der Waals surface area contributed by atoms with Gasteiger partial charge in [0.2, 0.25) is 5.91 Å². The van der Waals surface area contributed by atoms with Gasteiger partial charge >= 0.3 is 0 Å². The molecule has 0 aliphatic carbocycles. The van der Waals surface area contributed by atoms with Crippen molar-refractivity contribution < 1.29 is 9.21 Å². The van der Waals surface area contributed by atoms with Gasteiger partial charge < -0.3 is 9.73 Å². The second-order valence-electron chi connectivity index (χ2n) is 4.64. The van der Waals surface area contributed by atoms with Crippen LogP contribution in [0.15, 0.2) is 52.0 Å². The van der Waals surface area contributed by atoms with Crippen LogP contribution >= 0.6 is 11.8 Å². The van der Waals surface area contributed by atoms with E-state index >= 15 is 0 Å². The predicted molar refractivity (Wildman–Crippen MR) is 81.8 cm³/mol. The fourth-order valence-electron chi connectivity index (χ4n) is 1.98. The molecular weight excluding hydrogens is 270 g/mol. The molecule has 1 aromatic heterocycles. The Labute approximate surface area is 123 Å². The van der Waals surface area contributed by atoms with Crippen molar-refractivity contribution in [1.29, 1.82) is 0 Å². The van der Waals surface area contributed by atoms with E-state index in [9.17, 15) is 4.79 Å². The van der Waals surface area contributed by atoms with Crippen LogP contribution in [0.4, 0.5) is 0 Å². The Morgan fingerprint density at radius 3 is 2.65 bits per heavy atom. The van der Waals surface area contributed by atoms with E-state index in [-0.39, 0.29) is 11.9 Å². The topological polar surface area (TPSA) is 42.2 Å². The average Bonchev–Trinajstić information content (AvgIpc) is 2.98. The van der Waals surface area contributed by atoms with Crippen LogP contribution in [0.3, 0.4) is 0 Å². The zero-order valence-corrected chi connectivity index (χ0v) is 12.6. The van der Waals surface area contributed by atoms with E-state index in [1.54, 1.807) is 18.0 Å². The SMILES string of the molecule is CSc1ccc(C(C)NC(=O)CCc2ccco2)cc1. The van der Waals surface area contributed by atoms with Gasteiger partial charge in [0.1, 0.15) is 5.76 Å². The van der Waals surface area contributed by atoms with Crippen molar-refractivity contribution in [2.45, 2.75) is 30.7 Å². The molecule has 0 aliphatic heterocycles. The molecule has 2 aromatic rings. The highest BCUT2D eigenvalue weighted by molar-refractivity contribution is 7.98.